The van der Waals surface area contributed by atoms with E-state index in [1.54, 1.807) is 19.4 Å². The van der Waals surface area contributed by atoms with Gasteiger partial charge in [0.1, 0.15) is 12.7 Å². The lowest BCUT2D eigenvalue weighted by Crippen LogP contribution is -2.26. The molecule has 0 aliphatic heterocycles. The van der Waals surface area contributed by atoms with Crippen molar-refractivity contribution in [2.75, 3.05) is 45.2 Å². The maximum absolute atomic E-state index is 11.5. The van der Waals surface area contributed by atoms with E-state index in [1.165, 1.54) is 7.11 Å². The summed E-state index contributed by atoms with van der Waals surface area (Å²) in [5, 5.41) is 0. The number of hydrogen-bond donors (Lipinski definition) is 1. The molecule has 0 aliphatic carbocycles. The lowest BCUT2D eigenvalue weighted by Gasteiger charge is -2.16. The smallest absolute Gasteiger partial charge is 0.333 e. The molecule has 0 fully saturated rings. The van der Waals surface area contributed by atoms with Gasteiger partial charge in [-0.3, -0.25) is 4.21 Å². The van der Waals surface area contributed by atoms with Crippen molar-refractivity contribution in [2.45, 2.75) is 19.4 Å². The van der Waals surface area contributed by atoms with Crippen molar-refractivity contribution in [1.29, 1.82) is 0 Å². The van der Waals surface area contributed by atoms with Crippen LogP contribution in [0.2, 0.25) is 0 Å². The van der Waals surface area contributed by atoms with Gasteiger partial charge in [0, 0.05) is 25.0 Å². The summed E-state index contributed by atoms with van der Waals surface area (Å²) in [6.07, 6.45) is 3.99. The van der Waals surface area contributed by atoms with E-state index in [1.807, 2.05) is 0 Å². The fourth-order valence-corrected chi connectivity index (χ4v) is 2.13. The van der Waals surface area contributed by atoms with E-state index in [-0.39, 0.29) is 12.7 Å². The summed E-state index contributed by atoms with van der Waals surface area (Å²) in [6, 6.07) is 0. The lowest BCUT2D eigenvalue weighted by molar-refractivity contribution is -0.144. The standard InChI is InChI=1S/C13H26O5S/c1-11(2)13(14)18-10-12(16-3)9-17-7-6-8-19(4,5)15/h12,19H,1,6-10H2,2-5H3. The Labute approximate surface area is 116 Å². The molecule has 0 aliphatic rings. The molecule has 0 N–H and O–H groups in total. The number of hydrogen-bond acceptors (Lipinski definition) is 5. The van der Waals surface area contributed by atoms with Crippen LogP contribution in [-0.4, -0.2) is 61.5 Å². The Morgan fingerprint density at radius 2 is 1.95 bits per heavy atom. The van der Waals surface area contributed by atoms with Gasteiger partial charge in [-0.15, -0.1) is 9.93 Å². The van der Waals surface area contributed by atoms with Gasteiger partial charge in [-0.25, -0.2) is 4.79 Å². The third kappa shape index (κ3) is 10.9. The van der Waals surface area contributed by atoms with Crippen LogP contribution < -0.4 is 0 Å². The molecule has 19 heavy (non-hydrogen) atoms. The Hall–Kier alpha value is -0.720. The van der Waals surface area contributed by atoms with E-state index in [9.17, 15) is 9.00 Å². The van der Waals surface area contributed by atoms with Crippen molar-refractivity contribution in [2.24, 2.45) is 0 Å². The van der Waals surface area contributed by atoms with Gasteiger partial charge >= 0.3 is 5.97 Å². The minimum atomic E-state index is -1.96. The Kier molecular flexibility index (Phi) is 8.88. The molecule has 0 amide bonds. The fourth-order valence-electron chi connectivity index (χ4n) is 1.24. The SMILES string of the molecule is C=C(C)C(=O)OCC(COCCC[SH](C)(C)=O)OC. The van der Waals surface area contributed by atoms with Crippen molar-refractivity contribution >= 4 is 15.9 Å². The average molecular weight is 294 g/mol. The van der Waals surface area contributed by atoms with Crippen LogP contribution in [0, 0.1) is 0 Å². The number of carbonyl (C=O) groups is 1. The minimum Gasteiger partial charge on any atom is -0.459 e. The molecule has 0 heterocycles. The third-order valence-electron chi connectivity index (χ3n) is 2.37. The monoisotopic (exact) mass is 294 g/mol. The molecule has 114 valence electrons. The van der Waals surface area contributed by atoms with Gasteiger partial charge in [-0.2, -0.15) is 0 Å². The molecule has 6 heteroatoms. The molecule has 0 saturated carbocycles. The average Bonchev–Trinajstić information content (AvgIpc) is 2.30. The zero-order chi connectivity index (χ0) is 14.9. The predicted octanol–water partition coefficient (Wildman–Crippen LogP) is 0.804. The normalized spacial score (nSPS) is 13.9. The maximum Gasteiger partial charge on any atom is 0.333 e. The highest BCUT2D eigenvalue weighted by molar-refractivity contribution is 8.01. The second kappa shape index (κ2) is 9.23. The highest BCUT2D eigenvalue weighted by Crippen LogP contribution is 2.00. The Morgan fingerprint density at radius 1 is 1.32 bits per heavy atom. The van der Waals surface area contributed by atoms with Gasteiger partial charge in [0.25, 0.3) is 0 Å². The largest absolute Gasteiger partial charge is 0.459 e. The van der Waals surface area contributed by atoms with Crippen LogP contribution in [0.5, 0.6) is 0 Å². The number of carbonyl (C=O) groups excluding carboxylic acids is 1. The molecular formula is C13H26O5S. The van der Waals surface area contributed by atoms with Crippen LogP contribution in [0.3, 0.4) is 0 Å². The Morgan fingerprint density at radius 3 is 2.42 bits per heavy atom. The minimum absolute atomic E-state index is 0.141. The van der Waals surface area contributed by atoms with Crippen LogP contribution >= 0.6 is 0 Å². The van der Waals surface area contributed by atoms with Gasteiger partial charge in [-0.05, 0) is 25.9 Å². The van der Waals surface area contributed by atoms with E-state index in [0.29, 0.717) is 24.5 Å². The second-order valence-electron chi connectivity index (χ2n) is 4.96. The molecule has 5 nitrogen and oxygen atoms in total. The van der Waals surface area contributed by atoms with Crippen molar-refractivity contribution < 1.29 is 23.2 Å². The summed E-state index contributed by atoms with van der Waals surface area (Å²) >= 11 is 0. The van der Waals surface area contributed by atoms with Crippen molar-refractivity contribution in [1.82, 2.24) is 0 Å². The highest BCUT2D eigenvalue weighted by atomic mass is 32.2. The van der Waals surface area contributed by atoms with Crippen LogP contribution in [0.25, 0.3) is 0 Å². The van der Waals surface area contributed by atoms with Crippen LogP contribution in [-0.2, 0) is 28.9 Å². The molecule has 0 rings (SSSR count). The topological polar surface area (TPSA) is 61.8 Å². The van der Waals surface area contributed by atoms with Crippen LogP contribution in [0.15, 0.2) is 12.2 Å². The number of rotatable bonds is 10. The van der Waals surface area contributed by atoms with Gasteiger partial charge in [0.15, 0.2) is 0 Å². The molecule has 0 saturated heterocycles. The number of methoxy groups -OCH3 is 1. The summed E-state index contributed by atoms with van der Waals surface area (Å²) in [4.78, 5) is 11.2. The van der Waals surface area contributed by atoms with Crippen LogP contribution in [0.1, 0.15) is 13.3 Å². The van der Waals surface area contributed by atoms with Gasteiger partial charge < -0.3 is 14.2 Å². The predicted molar refractivity (Wildman–Crippen MR) is 78.3 cm³/mol. The first-order chi connectivity index (χ1) is 8.76. The van der Waals surface area contributed by atoms with Gasteiger partial charge in [-0.1, -0.05) is 6.58 Å². The molecule has 0 aromatic carbocycles. The zero-order valence-electron chi connectivity index (χ0n) is 12.3. The fraction of sp³-hybridized carbons (Fsp3) is 0.769. The summed E-state index contributed by atoms with van der Waals surface area (Å²) in [5.41, 5.74) is 0.359. The lowest BCUT2D eigenvalue weighted by atomic mass is 10.3. The molecule has 1 unspecified atom stereocenters. The quantitative estimate of drug-likeness (QED) is 0.279. The van der Waals surface area contributed by atoms with E-state index < -0.39 is 15.9 Å². The Balaban J connectivity index is 3.74. The first-order valence-corrected chi connectivity index (χ1v) is 9.02. The van der Waals surface area contributed by atoms with Crippen molar-refractivity contribution in [3.63, 3.8) is 0 Å². The molecule has 0 aromatic rings. The van der Waals surface area contributed by atoms with E-state index in [2.05, 4.69) is 6.58 Å². The van der Waals surface area contributed by atoms with Crippen molar-refractivity contribution in [3.8, 4) is 0 Å². The zero-order valence-corrected chi connectivity index (χ0v) is 13.2. The molecular weight excluding hydrogens is 268 g/mol. The number of esters is 1. The maximum atomic E-state index is 11.5. The van der Waals surface area contributed by atoms with E-state index in [4.69, 9.17) is 14.2 Å². The van der Waals surface area contributed by atoms with Crippen LogP contribution in [0.4, 0.5) is 0 Å². The third-order valence-corrected chi connectivity index (χ3v) is 3.76. The first kappa shape index (κ1) is 18.3. The van der Waals surface area contributed by atoms with Gasteiger partial charge in [0.05, 0.1) is 6.61 Å². The Bertz CT molecular complexity index is 334. The van der Waals surface area contributed by atoms with E-state index in [0.717, 1.165) is 6.42 Å². The molecule has 1 atom stereocenters. The summed E-state index contributed by atoms with van der Waals surface area (Å²) < 4.78 is 27.0. The molecule has 0 spiro atoms. The number of ether oxygens (including phenoxy) is 3. The van der Waals surface area contributed by atoms with Gasteiger partial charge in [0.2, 0.25) is 0 Å². The molecule has 0 aromatic heterocycles. The molecule has 0 radical (unpaired) electrons. The number of thiol groups is 1. The summed E-state index contributed by atoms with van der Waals surface area (Å²) in [6.45, 7) is 6.10. The molecule has 0 bridgehead atoms. The van der Waals surface area contributed by atoms with E-state index >= 15 is 0 Å². The van der Waals surface area contributed by atoms with Crippen molar-refractivity contribution in [3.05, 3.63) is 12.2 Å². The summed E-state index contributed by atoms with van der Waals surface area (Å²) in [7, 11) is -0.427. The highest BCUT2D eigenvalue weighted by Gasteiger charge is 2.12. The second-order valence-corrected chi connectivity index (χ2v) is 8.56. The summed E-state index contributed by atoms with van der Waals surface area (Å²) in [5.74, 6) is 0.245. The first-order valence-electron chi connectivity index (χ1n) is 6.23.